The third kappa shape index (κ3) is 5.87. The molecule has 11 heteroatoms. The average Bonchev–Trinajstić information content (AvgIpc) is 3.27. The van der Waals surface area contributed by atoms with Crippen LogP contribution in [-0.4, -0.2) is 62.5 Å². The van der Waals surface area contributed by atoms with Crippen LogP contribution in [0.15, 0.2) is 3.79 Å². The topological polar surface area (TPSA) is 77.1 Å². The van der Waals surface area contributed by atoms with E-state index < -0.39 is 42.6 Å². The average molecular weight is 525 g/mol. The van der Waals surface area contributed by atoms with E-state index in [-0.39, 0.29) is 17.5 Å². The molecule has 1 amide bonds. The Labute approximate surface area is 192 Å². The van der Waals surface area contributed by atoms with E-state index in [0.717, 1.165) is 17.8 Å². The molecule has 1 fully saturated rings. The number of amides is 1. The maximum absolute atomic E-state index is 14.6. The monoisotopic (exact) mass is 524 g/mol. The second kappa shape index (κ2) is 9.19. The highest BCUT2D eigenvalue weighted by Crippen LogP contribution is 2.46. The van der Waals surface area contributed by atoms with Crippen molar-refractivity contribution in [2.45, 2.75) is 63.7 Å². The van der Waals surface area contributed by atoms with Crippen LogP contribution in [0, 0.1) is 0 Å². The number of thiophene rings is 1. The number of hydrogen-bond donors (Lipinski definition) is 1. The molecule has 0 saturated carbocycles. The standard InChI is InChI=1S/C20H27BrF2N2O5S/c1-19(2,3)30-18(27)24-12(13-6-5-7-29-13)9-25-10-20(22,23)8-11-14(25)15(17(26)28-4)31-16(11)21/h12-13H,5-10H2,1-4H3,(H,24,27)/t12?,13-/m1/s1. The number of ether oxygens (including phenoxy) is 3. The molecule has 3 rings (SSSR count). The van der Waals surface area contributed by atoms with Gasteiger partial charge in [0.05, 0.1) is 35.3 Å². The van der Waals surface area contributed by atoms with Gasteiger partial charge in [-0.05, 0) is 49.5 Å². The zero-order chi connectivity index (χ0) is 23.0. The maximum atomic E-state index is 14.6. The van der Waals surface area contributed by atoms with Crippen molar-refractivity contribution < 1.29 is 32.6 Å². The number of carbonyl (C=O) groups is 2. The molecule has 0 radical (unpaired) electrons. The Morgan fingerprint density at radius 3 is 2.71 bits per heavy atom. The first kappa shape index (κ1) is 24.2. The van der Waals surface area contributed by atoms with Crippen LogP contribution < -0.4 is 10.2 Å². The number of hydrogen-bond acceptors (Lipinski definition) is 7. The third-order valence-corrected chi connectivity index (χ3v) is 6.96. The SMILES string of the molecule is COC(=O)c1sc(Br)c2c1N(CC(NC(=O)OC(C)(C)C)[C@H]1CCCO1)CC(F)(F)C2. The number of nitrogens with one attached hydrogen (secondary N) is 1. The van der Waals surface area contributed by atoms with Crippen molar-refractivity contribution in [3.63, 3.8) is 0 Å². The summed E-state index contributed by atoms with van der Waals surface area (Å²) in [5.74, 6) is -3.58. The molecule has 0 spiro atoms. The molecule has 1 aromatic heterocycles. The lowest BCUT2D eigenvalue weighted by molar-refractivity contribution is 0.00284. The Hall–Kier alpha value is -1.46. The molecule has 2 atom stereocenters. The van der Waals surface area contributed by atoms with E-state index in [1.807, 2.05) is 0 Å². The summed E-state index contributed by atoms with van der Waals surface area (Å²) in [4.78, 5) is 26.5. The van der Waals surface area contributed by atoms with Gasteiger partial charge in [-0.15, -0.1) is 11.3 Å². The number of esters is 1. The van der Waals surface area contributed by atoms with E-state index in [2.05, 4.69) is 21.2 Å². The summed E-state index contributed by atoms with van der Waals surface area (Å²) in [6.07, 6.45) is 0.0497. The molecular formula is C20H27BrF2N2O5S. The summed E-state index contributed by atoms with van der Waals surface area (Å²) < 4.78 is 45.6. The molecule has 1 saturated heterocycles. The fourth-order valence-corrected chi connectivity index (χ4v) is 5.65. The Kier molecular flexibility index (Phi) is 7.17. The quantitative estimate of drug-likeness (QED) is 0.576. The minimum absolute atomic E-state index is 0.0413. The van der Waals surface area contributed by atoms with Gasteiger partial charge in [0.1, 0.15) is 10.5 Å². The Morgan fingerprint density at radius 1 is 1.42 bits per heavy atom. The lowest BCUT2D eigenvalue weighted by Gasteiger charge is -2.38. The van der Waals surface area contributed by atoms with Gasteiger partial charge in [-0.1, -0.05) is 0 Å². The van der Waals surface area contributed by atoms with Crippen molar-refractivity contribution in [1.29, 1.82) is 0 Å². The molecule has 174 valence electrons. The molecule has 7 nitrogen and oxygen atoms in total. The third-order valence-electron chi connectivity index (χ3n) is 5.01. The van der Waals surface area contributed by atoms with Crippen LogP contribution in [0.4, 0.5) is 19.3 Å². The largest absolute Gasteiger partial charge is 0.465 e. The normalized spacial score (nSPS) is 21.4. The molecule has 2 aliphatic heterocycles. The van der Waals surface area contributed by atoms with Gasteiger partial charge in [-0.25, -0.2) is 18.4 Å². The van der Waals surface area contributed by atoms with Crippen molar-refractivity contribution in [3.8, 4) is 0 Å². The first-order chi connectivity index (χ1) is 14.4. The molecule has 0 aliphatic carbocycles. The summed E-state index contributed by atoms with van der Waals surface area (Å²) in [7, 11) is 1.25. The van der Waals surface area contributed by atoms with Crippen molar-refractivity contribution >= 4 is 45.0 Å². The van der Waals surface area contributed by atoms with Crippen LogP contribution in [0.25, 0.3) is 0 Å². The Bertz CT molecular complexity index is 836. The number of alkyl carbamates (subject to hydrolysis) is 1. The number of halogens is 3. The number of carbonyl (C=O) groups excluding carboxylic acids is 2. The molecule has 2 aliphatic rings. The number of fused-ring (bicyclic) bond motifs is 1. The second-order valence-electron chi connectivity index (χ2n) is 8.74. The summed E-state index contributed by atoms with van der Waals surface area (Å²) in [6, 6.07) is -0.594. The second-order valence-corrected chi connectivity index (χ2v) is 11.1. The van der Waals surface area contributed by atoms with Gasteiger partial charge in [0.25, 0.3) is 5.92 Å². The number of nitrogens with zero attached hydrogens (tertiary/aromatic N) is 1. The highest BCUT2D eigenvalue weighted by molar-refractivity contribution is 9.11. The van der Waals surface area contributed by atoms with Crippen molar-refractivity contribution in [1.82, 2.24) is 5.32 Å². The molecule has 1 unspecified atom stereocenters. The van der Waals surface area contributed by atoms with E-state index in [4.69, 9.17) is 14.2 Å². The Balaban J connectivity index is 1.91. The van der Waals surface area contributed by atoms with Crippen LogP contribution in [-0.2, 0) is 20.6 Å². The maximum Gasteiger partial charge on any atom is 0.408 e. The Morgan fingerprint density at radius 2 is 2.13 bits per heavy atom. The summed E-state index contributed by atoms with van der Waals surface area (Å²) in [5, 5.41) is 2.79. The summed E-state index contributed by atoms with van der Waals surface area (Å²) in [6.45, 7) is 5.24. The molecule has 31 heavy (non-hydrogen) atoms. The lowest BCUT2D eigenvalue weighted by Crippen LogP contribution is -2.54. The molecule has 1 N–H and O–H groups in total. The van der Waals surface area contributed by atoms with E-state index in [1.165, 1.54) is 12.0 Å². The van der Waals surface area contributed by atoms with Crippen molar-refractivity contribution in [2.24, 2.45) is 0 Å². The fourth-order valence-electron chi connectivity index (χ4n) is 3.85. The molecule has 3 heterocycles. The zero-order valence-corrected chi connectivity index (χ0v) is 20.3. The van der Waals surface area contributed by atoms with E-state index in [0.29, 0.717) is 28.1 Å². The molecule has 0 bridgehead atoms. The number of methoxy groups -OCH3 is 1. The van der Waals surface area contributed by atoms with Crippen molar-refractivity contribution in [3.05, 3.63) is 14.2 Å². The summed E-state index contributed by atoms with van der Waals surface area (Å²) >= 11 is 4.39. The van der Waals surface area contributed by atoms with Gasteiger partial charge in [-0.3, -0.25) is 0 Å². The molecule has 0 aromatic carbocycles. The molecular weight excluding hydrogens is 498 g/mol. The number of alkyl halides is 2. The van der Waals surface area contributed by atoms with Crippen LogP contribution in [0.3, 0.4) is 0 Å². The van der Waals surface area contributed by atoms with Gasteiger partial charge in [0.15, 0.2) is 0 Å². The van der Waals surface area contributed by atoms with Gasteiger partial charge in [0, 0.05) is 25.1 Å². The predicted molar refractivity (Wildman–Crippen MR) is 116 cm³/mol. The predicted octanol–water partition coefficient (Wildman–Crippen LogP) is 4.37. The van der Waals surface area contributed by atoms with Crippen LogP contribution in [0.2, 0.25) is 0 Å². The first-order valence-electron chi connectivity index (χ1n) is 10.0. The number of rotatable bonds is 5. The van der Waals surface area contributed by atoms with Crippen LogP contribution in [0.5, 0.6) is 0 Å². The van der Waals surface area contributed by atoms with E-state index in [9.17, 15) is 18.4 Å². The minimum atomic E-state index is -2.99. The highest BCUT2D eigenvalue weighted by atomic mass is 79.9. The van der Waals surface area contributed by atoms with Crippen molar-refractivity contribution in [2.75, 3.05) is 31.7 Å². The zero-order valence-electron chi connectivity index (χ0n) is 17.9. The smallest absolute Gasteiger partial charge is 0.408 e. The fraction of sp³-hybridized carbons (Fsp3) is 0.700. The van der Waals surface area contributed by atoms with Crippen LogP contribution in [0.1, 0.15) is 48.8 Å². The van der Waals surface area contributed by atoms with Gasteiger partial charge < -0.3 is 24.4 Å². The minimum Gasteiger partial charge on any atom is -0.465 e. The van der Waals surface area contributed by atoms with Gasteiger partial charge in [-0.2, -0.15) is 0 Å². The summed E-state index contributed by atoms with van der Waals surface area (Å²) in [5.41, 5.74) is 0.0842. The van der Waals surface area contributed by atoms with E-state index in [1.54, 1.807) is 20.8 Å². The van der Waals surface area contributed by atoms with Gasteiger partial charge >= 0.3 is 12.1 Å². The van der Waals surface area contributed by atoms with Crippen LogP contribution >= 0.6 is 27.3 Å². The molecule has 1 aromatic rings. The van der Waals surface area contributed by atoms with Gasteiger partial charge in [0.2, 0.25) is 0 Å². The highest BCUT2D eigenvalue weighted by Gasteiger charge is 2.44. The lowest BCUT2D eigenvalue weighted by atomic mass is 9.99. The first-order valence-corrected chi connectivity index (χ1v) is 11.6. The number of anilines is 1. The van der Waals surface area contributed by atoms with E-state index >= 15 is 0 Å².